The molecule has 1 unspecified atom stereocenters. The van der Waals surface area contributed by atoms with Crippen molar-refractivity contribution >= 4 is 12.6 Å². The first kappa shape index (κ1) is 9.90. The van der Waals surface area contributed by atoms with Crippen LogP contribution in [0, 0.1) is 11.3 Å². The molecule has 0 saturated heterocycles. The Morgan fingerprint density at radius 2 is 2.31 bits per heavy atom. The van der Waals surface area contributed by atoms with Gasteiger partial charge >= 0.3 is 0 Å². The predicted molar refractivity (Wildman–Crippen MR) is 52.5 cm³/mol. The third kappa shape index (κ3) is 2.38. The van der Waals surface area contributed by atoms with Gasteiger partial charge in [-0.1, -0.05) is 0 Å². The Balaban J connectivity index is 3.00. The smallest absolute Gasteiger partial charge is 0.120 e. The highest BCUT2D eigenvalue weighted by atomic mass is 32.1. The van der Waals surface area contributed by atoms with Crippen LogP contribution < -0.4 is 5.73 Å². The van der Waals surface area contributed by atoms with Gasteiger partial charge in [-0.05, 0) is 18.2 Å². The molecule has 3 N–H and O–H groups in total. The third-order valence-electron chi connectivity index (χ3n) is 1.72. The number of nitriles is 1. The summed E-state index contributed by atoms with van der Waals surface area (Å²) in [5, 5.41) is 17.8. The van der Waals surface area contributed by atoms with E-state index in [1.165, 1.54) is 6.07 Å². The number of hydrogen-bond donors (Lipinski definition) is 3. The van der Waals surface area contributed by atoms with E-state index >= 15 is 0 Å². The van der Waals surface area contributed by atoms with E-state index in [9.17, 15) is 5.11 Å². The lowest BCUT2D eigenvalue weighted by molar-refractivity contribution is 0.461. The third-order valence-corrected chi connectivity index (χ3v) is 2.00. The lowest BCUT2D eigenvalue weighted by Gasteiger charge is -2.10. The van der Waals surface area contributed by atoms with Crippen LogP contribution in [0.3, 0.4) is 0 Å². The summed E-state index contributed by atoms with van der Waals surface area (Å²) in [6.07, 6.45) is 0.185. The zero-order valence-corrected chi connectivity index (χ0v) is 7.83. The summed E-state index contributed by atoms with van der Waals surface area (Å²) in [4.78, 5) is 0.723. The first-order valence-electron chi connectivity index (χ1n) is 3.79. The fraction of sp³-hybridized carbons (Fsp3) is 0.222. The van der Waals surface area contributed by atoms with Gasteiger partial charge in [0.05, 0.1) is 12.5 Å². The molecule has 0 amide bonds. The van der Waals surface area contributed by atoms with Crippen LogP contribution in [0.25, 0.3) is 0 Å². The Morgan fingerprint density at radius 3 is 2.92 bits per heavy atom. The van der Waals surface area contributed by atoms with E-state index in [1.807, 2.05) is 6.07 Å². The summed E-state index contributed by atoms with van der Waals surface area (Å²) in [6, 6.07) is 6.36. The molecule has 1 aromatic carbocycles. The summed E-state index contributed by atoms with van der Waals surface area (Å²) in [6.45, 7) is 0. The monoisotopic (exact) mass is 194 g/mol. The molecule has 13 heavy (non-hydrogen) atoms. The Labute approximate surface area is 82.2 Å². The van der Waals surface area contributed by atoms with Gasteiger partial charge in [0, 0.05) is 16.5 Å². The summed E-state index contributed by atoms with van der Waals surface area (Å²) in [5.41, 5.74) is 6.22. The van der Waals surface area contributed by atoms with Gasteiger partial charge in [0.15, 0.2) is 0 Å². The zero-order chi connectivity index (χ0) is 9.84. The molecule has 1 atom stereocenters. The number of phenols is 1. The SMILES string of the molecule is N#CCC(N)c1cc(S)ccc1O. The molecule has 0 radical (unpaired) electrons. The van der Waals surface area contributed by atoms with Crippen molar-refractivity contribution in [3.63, 3.8) is 0 Å². The van der Waals surface area contributed by atoms with E-state index in [0.717, 1.165) is 4.90 Å². The molecule has 0 bridgehead atoms. The van der Waals surface area contributed by atoms with Crippen molar-refractivity contribution < 1.29 is 5.11 Å². The maximum atomic E-state index is 9.41. The average molecular weight is 194 g/mol. The van der Waals surface area contributed by atoms with Gasteiger partial charge in [-0.25, -0.2) is 0 Å². The second-order valence-corrected chi connectivity index (χ2v) is 3.23. The Hall–Kier alpha value is -1.18. The van der Waals surface area contributed by atoms with Crippen molar-refractivity contribution in [1.82, 2.24) is 0 Å². The van der Waals surface area contributed by atoms with Crippen LogP contribution in [-0.2, 0) is 0 Å². The molecule has 0 spiro atoms. The molecule has 0 aliphatic heterocycles. The largest absolute Gasteiger partial charge is 0.508 e. The topological polar surface area (TPSA) is 70.0 Å². The van der Waals surface area contributed by atoms with E-state index < -0.39 is 6.04 Å². The van der Waals surface area contributed by atoms with E-state index in [-0.39, 0.29) is 12.2 Å². The number of rotatable bonds is 2. The fourth-order valence-electron chi connectivity index (χ4n) is 1.05. The molecule has 0 aromatic heterocycles. The van der Waals surface area contributed by atoms with Crippen molar-refractivity contribution in [2.75, 3.05) is 0 Å². The molecule has 1 aromatic rings. The van der Waals surface area contributed by atoms with Crippen LogP contribution in [0.15, 0.2) is 23.1 Å². The number of nitrogens with two attached hydrogens (primary N) is 1. The number of nitrogens with zero attached hydrogens (tertiary/aromatic N) is 1. The normalized spacial score (nSPS) is 12.1. The Bertz CT molecular complexity index is 346. The highest BCUT2D eigenvalue weighted by Gasteiger charge is 2.10. The maximum Gasteiger partial charge on any atom is 0.120 e. The number of aromatic hydroxyl groups is 1. The second-order valence-electron chi connectivity index (χ2n) is 2.71. The number of benzene rings is 1. The van der Waals surface area contributed by atoms with Gasteiger partial charge in [0.1, 0.15) is 5.75 Å². The van der Waals surface area contributed by atoms with Crippen LogP contribution in [0.5, 0.6) is 5.75 Å². The van der Waals surface area contributed by atoms with Crippen molar-refractivity contribution in [1.29, 1.82) is 5.26 Å². The molecular formula is C9H10N2OS. The molecule has 0 heterocycles. The molecule has 3 nitrogen and oxygen atoms in total. The van der Waals surface area contributed by atoms with Gasteiger partial charge < -0.3 is 10.8 Å². The molecule has 0 aliphatic rings. The number of hydrogen-bond acceptors (Lipinski definition) is 4. The highest BCUT2D eigenvalue weighted by molar-refractivity contribution is 7.80. The first-order valence-corrected chi connectivity index (χ1v) is 4.24. The number of thiol groups is 1. The Kier molecular flexibility index (Phi) is 3.18. The molecule has 0 saturated carbocycles. The van der Waals surface area contributed by atoms with Crippen molar-refractivity contribution in [2.24, 2.45) is 5.73 Å². The molecule has 1 rings (SSSR count). The van der Waals surface area contributed by atoms with Gasteiger partial charge in [-0.2, -0.15) is 5.26 Å². The molecule has 0 fully saturated rings. The van der Waals surface area contributed by atoms with Crippen molar-refractivity contribution in [3.8, 4) is 11.8 Å². The molecule has 4 heteroatoms. The standard InChI is InChI=1S/C9H10N2OS/c10-4-3-8(11)7-5-6(13)1-2-9(7)12/h1-2,5,8,12-13H,3,11H2. The fourth-order valence-corrected chi connectivity index (χ4v) is 1.26. The summed E-state index contributed by atoms with van der Waals surface area (Å²) < 4.78 is 0. The minimum absolute atomic E-state index is 0.112. The molecule has 68 valence electrons. The molecule has 0 aliphatic carbocycles. The van der Waals surface area contributed by atoms with E-state index in [0.29, 0.717) is 5.56 Å². The zero-order valence-electron chi connectivity index (χ0n) is 6.94. The van der Waals surface area contributed by atoms with Crippen molar-refractivity contribution in [3.05, 3.63) is 23.8 Å². The highest BCUT2D eigenvalue weighted by Crippen LogP contribution is 2.26. The van der Waals surface area contributed by atoms with Gasteiger partial charge in [0.25, 0.3) is 0 Å². The van der Waals surface area contributed by atoms with Gasteiger partial charge in [0.2, 0.25) is 0 Å². The maximum absolute atomic E-state index is 9.41. The minimum Gasteiger partial charge on any atom is -0.508 e. The second kappa shape index (κ2) is 4.17. The number of phenolic OH excluding ortho intramolecular Hbond substituents is 1. The predicted octanol–water partition coefficient (Wildman–Crippen LogP) is 1.59. The van der Waals surface area contributed by atoms with E-state index in [4.69, 9.17) is 11.0 Å². The minimum atomic E-state index is -0.447. The summed E-state index contributed by atoms with van der Waals surface area (Å²) >= 11 is 4.11. The Morgan fingerprint density at radius 1 is 1.62 bits per heavy atom. The van der Waals surface area contributed by atoms with Crippen molar-refractivity contribution in [2.45, 2.75) is 17.4 Å². The summed E-state index contributed by atoms with van der Waals surface area (Å²) in [5.74, 6) is 0.112. The lowest BCUT2D eigenvalue weighted by atomic mass is 10.0. The van der Waals surface area contributed by atoms with Crippen LogP contribution >= 0.6 is 12.6 Å². The van der Waals surface area contributed by atoms with E-state index in [2.05, 4.69) is 12.6 Å². The lowest BCUT2D eigenvalue weighted by Crippen LogP contribution is -2.09. The van der Waals surface area contributed by atoms with Gasteiger partial charge in [-0.3, -0.25) is 0 Å². The average Bonchev–Trinajstić information content (AvgIpc) is 2.09. The van der Waals surface area contributed by atoms with Crippen LogP contribution in [0.4, 0.5) is 0 Å². The van der Waals surface area contributed by atoms with Gasteiger partial charge in [-0.15, -0.1) is 12.6 Å². The summed E-state index contributed by atoms with van der Waals surface area (Å²) in [7, 11) is 0. The van der Waals surface area contributed by atoms with Crippen LogP contribution in [-0.4, -0.2) is 5.11 Å². The molecular weight excluding hydrogens is 184 g/mol. The van der Waals surface area contributed by atoms with Crippen LogP contribution in [0.1, 0.15) is 18.0 Å². The first-order chi connectivity index (χ1) is 6.15. The quantitative estimate of drug-likeness (QED) is 0.626. The van der Waals surface area contributed by atoms with Crippen LogP contribution in [0.2, 0.25) is 0 Å². The van der Waals surface area contributed by atoms with E-state index in [1.54, 1.807) is 12.1 Å².